The molecule has 0 fully saturated rings. The minimum atomic E-state index is 0.102. The van der Waals surface area contributed by atoms with E-state index in [1.54, 1.807) is 0 Å². The van der Waals surface area contributed by atoms with Crippen LogP contribution in [0.2, 0.25) is 0 Å². The Morgan fingerprint density at radius 3 is 1.14 bits per heavy atom. The monoisotopic (exact) mass is 472 g/mol. The summed E-state index contributed by atoms with van der Waals surface area (Å²) in [6.45, 7) is 0. The van der Waals surface area contributed by atoms with Crippen molar-refractivity contribution in [3.63, 3.8) is 0 Å². The quantitative estimate of drug-likeness (QED) is 0.212. The zero-order valence-electron chi connectivity index (χ0n) is 20.7. The van der Waals surface area contributed by atoms with Crippen molar-refractivity contribution >= 4 is 0 Å². The summed E-state index contributed by atoms with van der Waals surface area (Å²) in [6, 6.07) is 58.9. The standard InChI is InChI=1S/C37H28/c1-6-16-28(17-7-1)33-26-27-34(35(29-18-8-2-9-19-29)30-20-10-3-11-21-30)37(32-24-14-5-15-25-32)36(33)31-22-12-4-13-23-31/h1-27,35H. The molecule has 0 nitrogen and oxygen atoms in total. The number of hydrogen-bond donors (Lipinski definition) is 0. The third-order valence-corrected chi connectivity index (χ3v) is 7.02. The Morgan fingerprint density at radius 1 is 0.297 bits per heavy atom. The maximum Gasteiger partial charge on any atom is 0.0346 e. The van der Waals surface area contributed by atoms with Crippen LogP contribution in [-0.2, 0) is 0 Å². The van der Waals surface area contributed by atoms with Crippen molar-refractivity contribution in [2.24, 2.45) is 0 Å². The van der Waals surface area contributed by atoms with Crippen LogP contribution in [0, 0.1) is 0 Å². The first kappa shape index (κ1) is 22.8. The Labute approximate surface area is 219 Å². The molecule has 0 aliphatic heterocycles. The summed E-state index contributed by atoms with van der Waals surface area (Å²) in [5, 5.41) is 0. The molecular formula is C37H28. The van der Waals surface area contributed by atoms with Gasteiger partial charge in [0.1, 0.15) is 0 Å². The SMILES string of the molecule is c1ccc(-c2ccc(C(c3ccccc3)c3ccccc3)c(-c3ccccc3)c2-c2ccccc2)cc1. The molecule has 0 N–H and O–H groups in total. The zero-order chi connectivity index (χ0) is 24.9. The first-order valence-electron chi connectivity index (χ1n) is 12.8. The molecule has 0 amide bonds. The van der Waals surface area contributed by atoms with Gasteiger partial charge in [0.25, 0.3) is 0 Å². The molecule has 0 unspecified atom stereocenters. The van der Waals surface area contributed by atoms with Gasteiger partial charge in [0, 0.05) is 5.92 Å². The fourth-order valence-electron chi connectivity index (χ4n) is 5.38. The molecule has 6 aromatic carbocycles. The van der Waals surface area contributed by atoms with Crippen molar-refractivity contribution in [2.45, 2.75) is 5.92 Å². The highest BCUT2D eigenvalue weighted by Crippen LogP contribution is 2.46. The maximum absolute atomic E-state index is 2.35. The fourth-order valence-corrected chi connectivity index (χ4v) is 5.38. The van der Waals surface area contributed by atoms with E-state index < -0.39 is 0 Å². The highest BCUT2D eigenvalue weighted by atomic mass is 14.3. The largest absolute Gasteiger partial charge is 0.0622 e. The van der Waals surface area contributed by atoms with Gasteiger partial charge >= 0.3 is 0 Å². The summed E-state index contributed by atoms with van der Waals surface area (Å²) in [6.07, 6.45) is 0. The minimum Gasteiger partial charge on any atom is -0.0622 e. The van der Waals surface area contributed by atoms with Gasteiger partial charge in [-0.15, -0.1) is 0 Å². The molecule has 6 rings (SSSR count). The zero-order valence-corrected chi connectivity index (χ0v) is 20.7. The second kappa shape index (κ2) is 10.5. The summed E-state index contributed by atoms with van der Waals surface area (Å²) in [5.74, 6) is 0.102. The van der Waals surface area contributed by atoms with Gasteiger partial charge in [-0.2, -0.15) is 0 Å². The molecule has 0 heteroatoms. The average Bonchev–Trinajstić information content (AvgIpc) is 2.99. The molecule has 6 aromatic rings. The van der Waals surface area contributed by atoms with Crippen LogP contribution in [0.3, 0.4) is 0 Å². The van der Waals surface area contributed by atoms with Crippen molar-refractivity contribution in [2.75, 3.05) is 0 Å². The van der Waals surface area contributed by atoms with E-state index in [1.807, 2.05) is 0 Å². The Hall–Kier alpha value is -4.68. The molecule has 0 aromatic heterocycles. The van der Waals surface area contributed by atoms with Crippen molar-refractivity contribution in [3.05, 3.63) is 180 Å². The van der Waals surface area contributed by atoms with E-state index in [9.17, 15) is 0 Å². The topological polar surface area (TPSA) is 0 Å². The molecule has 0 saturated heterocycles. The lowest BCUT2D eigenvalue weighted by Gasteiger charge is -2.26. The second-order valence-electron chi connectivity index (χ2n) is 9.30. The Balaban J connectivity index is 1.73. The molecule has 0 saturated carbocycles. The molecule has 0 aliphatic carbocycles. The van der Waals surface area contributed by atoms with E-state index in [1.165, 1.54) is 50.1 Å². The van der Waals surface area contributed by atoms with Crippen LogP contribution in [0.5, 0.6) is 0 Å². The van der Waals surface area contributed by atoms with E-state index in [4.69, 9.17) is 0 Å². The van der Waals surface area contributed by atoms with Crippen LogP contribution in [0.1, 0.15) is 22.6 Å². The molecule has 176 valence electrons. The Morgan fingerprint density at radius 2 is 0.676 bits per heavy atom. The predicted octanol–water partition coefficient (Wildman–Crippen LogP) is 9.87. The Bertz CT molecular complexity index is 1530. The van der Waals surface area contributed by atoms with Gasteiger partial charge < -0.3 is 0 Å². The smallest absolute Gasteiger partial charge is 0.0346 e. The first-order valence-corrected chi connectivity index (χ1v) is 12.8. The summed E-state index contributed by atoms with van der Waals surface area (Å²) < 4.78 is 0. The summed E-state index contributed by atoms with van der Waals surface area (Å²) in [7, 11) is 0. The molecule has 0 heterocycles. The third-order valence-electron chi connectivity index (χ3n) is 7.02. The first-order chi connectivity index (χ1) is 18.4. The van der Waals surface area contributed by atoms with Gasteiger partial charge in [-0.25, -0.2) is 0 Å². The number of benzene rings is 6. The van der Waals surface area contributed by atoms with Crippen LogP contribution in [0.4, 0.5) is 0 Å². The summed E-state index contributed by atoms with van der Waals surface area (Å²) in [4.78, 5) is 0. The van der Waals surface area contributed by atoms with Gasteiger partial charge in [-0.1, -0.05) is 164 Å². The predicted molar refractivity (Wildman–Crippen MR) is 157 cm³/mol. The van der Waals surface area contributed by atoms with Crippen LogP contribution in [0.25, 0.3) is 33.4 Å². The van der Waals surface area contributed by atoms with E-state index in [0.717, 1.165) is 0 Å². The lowest BCUT2D eigenvalue weighted by molar-refractivity contribution is 0.980. The van der Waals surface area contributed by atoms with E-state index >= 15 is 0 Å². The van der Waals surface area contributed by atoms with Gasteiger partial charge in [-0.05, 0) is 50.1 Å². The van der Waals surface area contributed by atoms with Gasteiger partial charge in [-0.3, -0.25) is 0 Å². The average molecular weight is 473 g/mol. The van der Waals surface area contributed by atoms with Gasteiger partial charge in [0.15, 0.2) is 0 Å². The molecule has 0 aliphatic rings. The fraction of sp³-hybridized carbons (Fsp3) is 0.0270. The molecular weight excluding hydrogens is 444 g/mol. The van der Waals surface area contributed by atoms with Gasteiger partial charge in [0.2, 0.25) is 0 Å². The van der Waals surface area contributed by atoms with Crippen LogP contribution >= 0.6 is 0 Å². The lowest BCUT2D eigenvalue weighted by atomic mass is 9.77. The van der Waals surface area contributed by atoms with E-state index in [2.05, 4.69) is 164 Å². The molecule has 0 bridgehead atoms. The van der Waals surface area contributed by atoms with Gasteiger partial charge in [0.05, 0.1) is 0 Å². The lowest BCUT2D eigenvalue weighted by Crippen LogP contribution is -2.07. The van der Waals surface area contributed by atoms with Crippen LogP contribution in [-0.4, -0.2) is 0 Å². The molecule has 0 spiro atoms. The van der Waals surface area contributed by atoms with Crippen LogP contribution < -0.4 is 0 Å². The summed E-state index contributed by atoms with van der Waals surface area (Å²) >= 11 is 0. The highest BCUT2D eigenvalue weighted by molar-refractivity contribution is 5.96. The molecule has 0 radical (unpaired) electrons. The maximum atomic E-state index is 2.35. The van der Waals surface area contributed by atoms with Crippen molar-refractivity contribution < 1.29 is 0 Å². The normalized spacial score (nSPS) is 10.9. The molecule has 37 heavy (non-hydrogen) atoms. The summed E-state index contributed by atoms with van der Waals surface area (Å²) in [5.41, 5.74) is 11.4. The van der Waals surface area contributed by atoms with Crippen molar-refractivity contribution in [1.82, 2.24) is 0 Å². The Kier molecular flexibility index (Phi) is 6.47. The minimum absolute atomic E-state index is 0.102. The van der Waals surface area contributed by atoms with E-state index in [-0.39, 0.29) is 5.92 Å². The van der Waals surface area contributed by atoms with Crippen molar-refractivity contribution in [3.8, 4) is 33.4 Å². The van der Waals surface area contributed by atoms with E-state index in [0.29, 0.717) is 0 Å². The third kappa shape index (κ3) is 4.62. The van der Waals surface area contributed by atoms with Crippen LogP contribution in [0.15, 0.2) is 164 Å². The highest BCUT2D eigenvalue weighted by Gasteiger charge is 2.25. The number of hydrogen-bond acceptors (Lipinski definition) is 0. The van der Waals surface area contributed by atoms with Crippen molar-refractivity contribution in [1.29, 1.82) is 0 Å². The number of rotatable bonds is 6. The molecule has 0 atom stereocenters. The second-order valence-corrected chi connectivity index (χ2v) is 9.30.